The monoisotopic (exact) mass is 369 g/mol. The van der Waals surface area contributed by atoms with Gasteiger partial charge in [0.05, 0.1) is 25.6 Å². The molecule has 1 aliphatic heterocycles. The number of nitrogens with one attached hydrogen (secondary N) is 1. The molecule has 3 N–H and O–H groups in total. The number of anilines is 3. The van der Waals surface area contributed by atoms with Gasteiger partial charge in [0.25, 0.3) is 5.91 Å². The van der Waals surface area contributed by atoms with Crippen LogP contribution < -0.4 is 25.4 Å². The molecule has 2 aromatic carbocycles. The Balaban J connectivity index is 1.74. The molecular weight excluding hydrogens is 342 g/mol. The zero-order valence-corrected chi connectivity index (χ0v) is 16.1. The van der Waals surface area contributed by atoms with E-state index < -0.39 is 0 Å². The third-order valence-electron chi connectivity index (χ3n) is 5.02. The molecule has 0 aliphatic carbocycles. The van der Waals surface area contributed by atoms with Crippen molar-refractivity contribution in [3.63, 3.8) is 0 Å². The van der Waals surface area contributed by atoms with Crippen LogP contribution in [0.15, 0.2) is 36.4 Å². The number of nitrogens with zero attached hydrogens (tertiary/aromatic N) is 1. The van der Waals surface area contributed by atoms with Crippen LogP contribution in [-0.2, 0) is 0 Å². The van der Waals surface area contributed by atoms with E-state index in [0.29, 0.717) is 28.4 Å². The molecule has 0 unspecified atom stereocenters. The van der Waals surface area contributed by atoms with Gasteiger partial charge in [0.1, 0.15) is 11.5 Å². The van der Waals surface area contributed by atoms with Gasteiger partial charge in [0, 0.05) is 30.4 Å². The molecule has 0 aromatic heterocycles. The fourth-order valence-corrected chi connectivity index (χ4v) is 3.31. The molecule has 0 atom stereocenters. The highest BCUT2D eigenvalue weighted by Gasteiger charge is 2.18. The fourth-order valence-electron chi connectivity index (χ4n) is 3.31. The molecule has 0 bridgehead atoms. The molecule has 0 saturated carbocycles. The minimum Gasteiger partial charge on any atom is -0.497 e. The summed E-state index contributed by atoms with van der Waals surface area (Å²) in [5, 5.41) is 2.89. The molecule has 1 aliphatic rings. The molecule has 2 aromatic rings. The number of carbonyl (C=O) groups is 1. The van der Waals surface area contributed by atoms with E-state index in [1.165, 1.54) is 12.8 Å². The predicted octanol–water partition coefficient (Wildman–Crippen LogP) is 3.77. The largest absolute Gasteiger partial charge is 0.497 e. The third-order valence-corrected chi connectivity index (χ3v) is 5.02. The van der Waals surface area contributed by atoms with E-state index in [0.717, 1.165) is 24.7 Å². The molecule has 0 radical (unpaired) electrons. The molecule has 27 heavy (non-hydrogen) atoms. The SMILES string of the molecule is COc1cc(OC)cc(C(=O)Nc2ccc(N3CCC(C)CC3)c(N)c2)c1. The van der Waals surface area contributed by atoms with Gasteiger partial charge in [-0.25, -0.2) is 0 Å². The number of ether oxygens (including phenoxy) is 2. The van der Waals surface area contributed by atoms with Gasteiger partial charge in [-0.1, -0.05) is 6.92 Å². The molecule has 6 nitrogen and oxygen atoms in total. The summed E-state index contributed by atoms with van der Waals surface area (Å²) in [5.41, 5.74) is 9.08. The Morgan fingerprint density at radius 3 is 2.26 bits per heavy atom. The zero-order valence-electron chi connectivity index (χ0n) is 16.1. The number of nitrogens with two attached hydrogens (primary N) is 1. The van der Waals surface area contributed by atoms with Crippen molar-refractivity contribution in [3.05, 3.63) is 42.0 Å². The molecule has 144 valence electrons. The van der Waals surface area contributed by atoms with Crippen LogP contribution in [-0.4, -0.2) is 33.2 Å². The molecule has 6 heteroatoms. The van der Waals surface area contributed by atoms with E-state index in [2.05, 4.69) is 17.1 Å². The van der Waals surface area contributed by atoms with Crippen molar-refractivity contribution in [2.24, 2.45) is 5.92 Å². The van der Waals surface area contributed by atoms with Crippen molar-refractivity contribution in [2.45, 2.75) is 19.8 Å². The molecular formula is C21H27N3O3. The van der Waals surface area contributed by atoms with Gasteiger partial charge in [0.2, 0.25) is 0 Å². The Bertz CT molecular complexity index is 792. The second-order valence-corrected chi connectivity index (χ2v) is 7.00. The van der Waals surface area contributed by atoms with Crippen LogP contribution in [0.1, 0.15) is 30.1 Å². The topological polar surface area (TPSA) is 76.8 Å². The molecule has 1 amide bonds. The second kappa shape index (κ2) is 8.20. The number of carbonyl (C=O) groups excluding carboxylic acids is 1. The Labute approximate surface area is 160 Å². The van der Waals surface area contributed by atoms with E-state index in [1.807, 2.05) is 18.2 Å². The Kier molecular flexibility index (Phi) is 5.74. The van der Waals surface area contributed by atoms with Crippen LogP contribution >= 0.6 is 0 Å². The summed E-state index contributed by atoms with van der Waals surface area (Å²) in [5.74, 6) is 1.65. The summed E-state index contributed by atoms with van der Waals surface area (Å²) in [4.78, 5) is 14.9. The minimum absolute atomic E-state index is 0.244. The van der Waals surface area contributed by atoms with Crippen molar-refractivity contribution >= 4 is 23.0 Å². The highest BCUT2D eigenvalue weighted by atomic mass is 16.5. The van der Waals surface area contributed by atoms with Gasteiger partial charge in [0.15, 0.2) is 0 Å². The molecule has 1 fully saturated rings. The lowest BCUT2D eigenvalue weighted by Gasteiger charge is -2.33. The van der Waals surface area contributed by atoms with Crippen LogP contribution in [0.25, 0.3) is 0 Å². The van der Waals surface area contributed by atoms with Gasteiger partial charge < -0.3 is 25.4 Å². The Morgan fingerprint density at radius 1 is 1.07 bits per heavy atom. The number of hydrogen-bond acceptors (Lipinski definition) is 5. The van der Waals surface area contributed by atoms with Gasteiger partial charge in [-0.2, -0.15) is 0 Å². The summed E-state index contributed by atoms with van der Waals surface area (Å²) in [6.45, 7) is 4.31. The summed E-state index contributed by atoms with van der Waals surface area (Å²) < 4.78 is 10.4. The normalized spacial score (nSPS) is 14.7. The van der Waals surface area contributed by atoms with Crippen LogP contribution in [0.2, 0.25) is 0 Å². The highest BCUT2D eigenvalue weighted by molar-refractivity contribution is 6.05. The molecule has 3 rings (SSSR count). The van der Waals surface area contributed by atoms with Crippen LogP contribution in [0, 0.1) is 5.92 Å². The van der Waals surface area contributed by atoms with Gasteiger partial charge in [-0.05, 0) is 49.1 Å². The molecule has 1 saturated heterocycles. The Morgan fingerprint density at radius 2 is 1.70 bits per heavy atom. The maximum Gasteiger partial charge on any atom is 0.255 e. The number of methoxy groups -OCH3 is 2. The van der Waals surface area contributed by atoms with E-state index >= 15 is 0 Å². The number of piperidine rings is 1. The number of hydrogen-bond donors (Lipinski definition) is 2. The predicted molar refractivity (Wildman–Crippen MR) is 109 cm³/mol. The number of rotatable bonds is 5. The lowest BCUT2D eigenvalue weighted by Crippen LogP contribution is -2.33. The highest BCUT2D eigenvalue weighted by Crippen LogP contribution is 2.30. The number of amides is 1. The van der Waals surface area contributed by atoms with Crippen molar-refractivity contribution in [1.82, 2.24) is 0 Å². The quantitative estimate of drug-likeness (QED) is 0.785. The van der Waals surface area contributed by atoms with Crippen molar-refractivity contribution in [3.8, 4) is 11.5 Å². The first-order valence-electron chi connectivity index (χ1n) is 9.19. The zero-order chi connectivity index (χ0) is 19.4. The first-order valence-corrected chi connectivity index (χ1v) is 9.19. The average Bonchev–Trinajstić information content (AvgIpc) is 2.68. The first kappa shape index (κ1) is 18.9. The van der Waals surface area contributed by atoms with Crippen LogP contribution in [0.4, 0.5) is 17.1 Å². The Hall–Kier alpha value is -2.89. The lowest BCUT2D eigenvalue weighted by atomic mass is 9.98. The second-order valence-electron chi connectivity index (χ2n) is 7.00. The molecule has 1 heterocycles. The summed E-state index contributed by atoms with van der Waals surface area (Å²) in [6.07, 6.45) is 2.35. The van der Waals surface area contributed by atoms with Crippen molar-refractivity contribution < 1.29 is 14.3 Å². The van der Waals surface area contributed by atoms with Gasteiger partial charge in [-0.15, -0.1) is 0 Å². The van der Waals surface area contributed by atoms with Crippen LogP contribution in [0.5, 0.6) is 11.5 Å². The van der Waals surface area contributed by atoms with Crippen molar-refractivity contribution in [2.75, 3.05) is 43.3 Å². The van der Waals surface area contributed by atoms with Gasteiger partial charge in [-0.3, -0.25) is 4.79 Å². The maximum atomic E-state index is 12.6. The third kappa shape index (κ3) is 4.45. The van der Waals surface area contributed by atoms with E-state index in [4.69, 9.17) is 15.2 Å². The minimum atomic E-state index is -0.244. The van der Waals surface area contributed by atoms with Crippen LogP contribution in [0.3, 0.4) is 0 Å². The standard InChI is InChI=1S/C21H27N3O3/c1-14-6-8-24(9-7-14)20-5-4-16(12-19(20)22)23-21(25)15-10-17(26-2)13-18(11-15)27-3/h4-5,10-14H,6-9,22H2,1-3H3,(H,23,25). The average molecular weight is 369 g/mol. The van der Waals surface area contributed by atoms with E-state index in [-0.39, 0.29) is 5.91 Å². The summed E-state index contributed by atoms with van der Waals surface area (Å²) in [6, 6.07) is 10.7. The van der Waals surface area contributed by atoms with E-state index in [1.54, 1.807) is 32.4 Å². The van der Waals surface area contributed by atoms with Gasteiger partial charge >= 0.3 is 0 Å². The van der Waals surface area contributed by atoms with Crippen molar-refractivity contribution in [1.29, 1.82) is 0 Å². The first-order chi connectivity index (χ1) is 13.0. The number of nitrogen functional groups attached to an aromatic ring is 1. The summed E-state index contributed by atoms with van der Waals surface area (Å²) >= 11 is 0. The number of benzene rings is 2. The molecule has 0 spiro atoms. The fraction of sp³-hybridized carbons (Fsp3) is 0.381. The smallest absolute Gasteiger partial charge is 0.255 e. The summed E-state index contributed by atoms with van der Waals surface area (Å²) in [7, 11) is 3.11. The maximum absolute atomic E-state index is 12.6. The lowest BCUT2D eigenvalue weighted by molar-refractivity contribution is 0.102. The van der Waals surface area contributed by atoms with E-state index in [9.17, 15) is 4.79 Å².